The van der Waals surface area contributed by atoms with Crippen molar-refractivity contribution < 1.29 is 13.2 Å². The Kier molecular flexibility index (Phi) is 3.41. The minimum Gasteiger partial charge on any atom is -0.207 e. The summed E-state index contributed by atoms with van der Waals surface area (Å²) in [5.74, 6) is -2.02. The van der Waals surface area contributed by atoms with Gasteiger partial charge in [-0.05, 0) is 42.2 Å². The monoisotopic (exact) mass is 250 g/mol. The smallest absolute Gasteiger partial charge is 0.162 e. The highest BCUT2D eigenvalue weighted by atomic mass is 19.2. The van der Waals surface area contributed by atoms with E-state index in [1.165, 1.54) is 25.1 Å². The Morgan fingerprint density at radius 3 is 2.17 bits per heavy atom. The largest absolute Gasteiger partial charge is 0.207 e. The second-order valence-corrected chi connectivity index (χ2v) is 4.43. The normalized spacial score (nSPS) is 10.7. The molecule has 0 atom stereocenters. The zero-order valence-corrected chi connectivity index (χ0v) is 10.2. The highest BCUT2D eigenvalue weighted by Crippen LogP contribution is 2.19. The number of rotatable bonds is 2. The Balaban J connectivity index is 2.34. The summed E-state index contributed by atoms with van der Waals surface area (Å²) in [6.07, 6.45) is 0.181. The van der Waals surface area contributed by atoms with Crippen molar-refractivity contribution in [1.82, 2.24) is 0 Å². The summed E-state index contributed by atoms with van der Waals surface area (Å²) in [7, 11) is 0. The molecule has 0 N–H and O–H groups in total. The molecular weight excluding hydrogens is 237 g/mol. The first-order valence-electron chi connectivity index (χ1n) is 5.67. The second kappa shape index (κ2) is 4.84. The van der Waals surface area contributed by atoms with Crippen LogP contribution in [0.5, 0.6) is 0 Å². The fourth-order valence-electron chi connectivity index (χ4n) is 1.79. The number of aryl methyl sites for hydroxylation is 2. The van der Waals surface area contributed by atoms with Gasteiger partial charge in [0.25, 0.3) is 0 Å². The van der Waals surface area contributed by atoms with Gasteiger partial charge in [-0.15, -0.1) is 0 Å². The summed E-state index contributed by atoms with van der Waals surface area (Å²) >= 11 is 0. The van der Waals surface area contributed by atoms with Crippen molar-refractivity contribution in [2.75, 3.05) is 0 Å². The van der Waals surface area contributed by atoms with Crippen LogP contribution in [0.4, 0.5) is 13.2 Å². The third-order valence-electron chi connectivity index (χ3n) is 2.99. The van der Waals surface area contributed by atoms with Crippen molar-refractivity contribution in [3.05, 3.63) is 70.0 Å². The molecule has 0 amide bonds. The average molecular weight is 250 g/mol. The molecule has 0 unspecified atom stereocenters. The molecule has 0 aliphatic rings. The van der Waals surface area contributed by atoms with Gasteiger partial charge in [-0.3, -0.25) is 0 Å². The Labute approximate surface area is 104 Å². The van der Waals surface area contributed by atoms with Crippen molar-refractivity contribution in [2.45, 2.75) is 20.3 Å². The fourth-order valence-corrected chi connectivity index (χ4v) is 1.79. The van der Waals surface area contributed by atoms with Crippen LogP contribution in [0.25, 0.3) is 0 Å². The Hall–Kier alpha value is -1.77. The van der Waals surface area contributed by atoms with Gasteiger partial charge >= 0.3 is 0 Å². The minimum atomic E-state index is -0.851. The Morgan fingerprint density at radius 2 is 1.50 bits per heavy atom. The van der Waals surface area contributed by atoms with Crippen LogP contribution in [-0.2, 0) is 6.42 Å². The summed E-state index contributed by atoms with van der Waals surface area (Å²) in [5, 5.41) is 0. The summed E-state index contributed by atoms with van der Waals surface area (Å²) in [6.45, 7) is 3.17. The van der Waals surface area contributed by atoms with Gasteiger partial charge in [-0.1, -0.05) is 24.3 Å². The zero-order valence-electron chi connectivity index (χ0n) is 10.2. The van der Waals surface area contributed by atoms with Crippen molar-refractivity contribution in [1.29, 1.82) is 0 Å². The quantitative estimate of drug-likeness (QED) is 0.745. The van der Waals surface area contributed by atoms with Gasteiger partial charge in [0.15, 0.2) is 11.6 Å². The lowest BCUT2D eigenvalue weighted by atomic mass is 10.0. The molecule has 0 radical (unpaired) electrons. The molecule has 0 spiro atoms. The molecule has 0 aromatic heterocycles. The first-order valence-corrected chi connectivity index (χ1v) is 5.67. The molecule has 3 heteroatoms. The standard InChI is InChI=1S/C15H13F3/c1-9-3-5-11(8-13(9)16)7-12-6-4-10(2)14(17)15(12)18/h3-6,8H,7H2,1-2H3. The van der Waals surface area contributed by atoms with Gasteiger partial charge in [0.05, 0.1) is 0 Å². The van der Waals surface area contributed by atoms with E-state index in [1.807, 2.05) is 0 Å². The van der Waals surface area contributed by atoms with Gasteiger partial charge in [-0.2, -0.15) is 0 Å². The molecule has 0 saturated carbocycles. The highest BCUT2D eigenvalue weighted by molar-refractivity contribution is 5.32. The van der Waals surface area contributed by atoms with Gasteiger partial charge in [-0.25, -0.2) is 13.2 Å². The second-order valence-electron chi connectivity index (χ2n) is 4.43. The molecule has 0 saturated heterocycles. The minimum absolute atomic E-state index is 0.181. The maximum Gasteiger partial charge on any atom is 0.162 e. The predicted octanol–water partition coefficient (Wildman–Crippen LogP) is 4.31. The molecule has 0 heterocycles. The summed E-state index contributed by atoms with van der Waals surface area (Å²) < 4.78 is 40.4. The first kappa shape index (κ1) is 12.7. The predicted molar refractivity (Wildman–Crippen MR) is 65.0 cm³/mol. The average Bonchev–Trinajstić information content (AvgIpc) is 2.34. The molecule has 94 valence electrons. The molecular formula is C15H13F3. The van der Waals surface area contributed by atoms with E-state index in [2.05, 4.69) is 0 Å². The lowest BCUT2D eigenvalue weighted by Crippen LogP contribution is -1.99. The van der Waals surface area contributed by atoms with E-state index in [9.17, 15) is 13.2 Å². The van der Waals surface area contributed by atoms with E-state index in [0.717, 1.165) is 0 Å². The first-order chi connectivity index (χ1) is 8.49. The molecule has 0 aliphatic heterocycles. The van der Waals surface area contributed by atoms with E-state index >= 15 is 0 Å². The van der Waals surface area contributed by atoms with Gasteiger partial charge < -0.3 is 0 Å². The van der Waals surface area contributed by atoms with Crippen molar-refractivity contribution >= 4 is 0 Å². The van der Waals surface area contributed by atoms with Crippen LogP contribution in [0.1, 0.15) is 22.3 Å². The molecule has 2 aromatic rings. The summed E-state index contributed by atoms with van der Waals surface area (Å²) in [4.78, 5) is 0. The maximum absolute atomic E-state index is 13.7. The van der Waals surface area contributed by atoms with Crippen LogP contribution >= 0.6 is 0 Å². The van der Waals surface area contributed by atoms with Crippen LogP contribution < -0.4 is 0 Å². The van der Waals surface area contributed by atoms with Gasteiger partial charge in [0, 0.05) is 6.42 Å². The number of hydrogen-bond donors (Lipinski definition) is 0. The van der Waals surface area contributed by atoms with E-state index in [0.29, 0.717) is 11.1 Å². The Morgan fingerprint density at radius 1 is 0.833 bits per heavy atom. The summed E-state index contributed by atoms with van der Waals surface area (Å²) in [6, 6.07) is 7.76. The highest BCUT2D eigenvalue weighted by Gasteiger charge is 2.11. The van der Waals surface area contributed by atoms with Crippen molar-refractivity contribution in [3.63, 3.8) is 0 Å². The number of benzene rings is 2. The van der Waals surface area contributed by atoms with Crippen LogP contribution in [0.3, 0.4) is 0 Å². The van der Waals surface area contributed by atoms with Crippen molar-refractivity contribution in [3.8, 4) is 0 Å². The van der Waals surface area contributed by atoms with Crippen LogP contribution in [0.2, 0.25) is 0 Å². The SMILES string of the molecule is Cc1ccc(Cc2ccc(C)c(F)c2F)cc1F. The lowest BCUT2D eigenvalue weighted by molar-refractivity contribution is 0.495. The van der Waals surface area contributed by atoms with Gasteiger partial charge in [0.2, 0.25) is 0 Å². The van der Waals surface area contributed by atoms with Crippen molar-refractivity contribution in [2.24, 2.45) is 0 Å². The topological polar surface area (TPSA) is 0 Å². The molecule has 18 heavy (non-hydrogen) atoms. The third kappa shape index (κ3) is 2.40. The lowest BCUT2D eigenvalue weighted by Gasteiger charge is -2.07. The van der Waals surface area contributed by atoms with E-state index in [-0.39, 0.29) is 23.4 Å². The van der Waals surface area contributed by atoms with Crippen LogP contribution in [-0.4, -0.2) is 0 Å². The molecule has 0 aliphatic carbocycles. The zero-order chi connectivity index (χ0) is 13.3. The van der Waals surface area contributed by atoms with E-state index < -0.39 is 11.6 Å². The van der Waals surface area contributed by atoms with Crippen LogP contribution in [0, 0.1) is 31.3 Å². The molecule has 0 bridgehead atoms. The fraction of sp³-hybridized carbons (Fsp3) is 0.200. The Bertz CT molecular complexity index is 589. The van der Waals surface area contributed by atoms with E-state index in [4.69, 9.17) is 0 Å². The van der Waals surface area contributed by atoms with Gasteiger partial charge in [0.1, 0.15) is 5.82 Å². The molecule has 0 nitrogen and oxygen atoms in total. The third-order valence-corrected chi connectivity index (χ3v) is 2.99. The number of halogens is 3. The summed E-state index contributed by atoms with van der Waals surface area (Å²) in [5.41, 5.74) is 1.67. The maximum atomic E-state index is 13.7. The molecule has 0 fully saturated rings. The molecule has 2 rings (SSSR count). The van der Waals surface area contributed by atoms with Crippen LogP contribution in [0.15, 0.2) is 30.3 Å². The number of hydrogen-bond acceptors (Lipinski definition) is 0. The molecule has 2 aromatic carbocycles. The van der Waals surface area contributed by atoms with E-state index in [1.54, 1.807) is 19.1 Å².